The van der Waals surface area contributed by atoms with Gasteiger partial charge in [-0.2, -0.15) is 0 Å². The fraction of sp³-hybridized carbons (Fsp3) is 0.846. The smallest absolute Gasteiger partial charge is 0.0577 e. The molecule has 0 aliphatic rings. The van der Waals surface area contributed by atoms with Crippen LogP contribution in [0.1, 0.15) is 20.3 Å². The molecule has 0 bridgehead atoms. The number of hydrogen-bond acceptors (Lipinski definition) is 4. The first-order valence-electron chi connectivity index (χ1n) is 6.70. The van der Waals surface area contributed by atoms with Crippen molar-refractivity contribution >= 4 is 0 Å². The van der Waals surface area contributed by atoms with Gasteiger partial charge in [0.25, 0.3) is 0 Å². The minimum atomic E-state index is 0.782. The van der Waals surface area contributed by atoms with Crippen LogP contribution in [0, 0.1) is 11.8 Å². The Morgan fingerprint density at radius 3 is 1.76 bits per heavy atom. The lowest BCUT2D eigenvalue weighted by molar-refractivity contribution is 0.631. The topological polar surface area (TPSA) is 48.1 Å². The highest BCUT2D eigenvalue weighted by Gasteiger charge is 1.85. The van der Waals surface area contributed by atoms with E-state index in [1.807, 2.05) is 0 Å². The Hall–Kier alpha value is -0.600. The molecule has 0 radical (unpaired) electrons. The third-order valence-electron chi connectivity index (χ3n) is 2.24. The second-order valence-corrected chi connectivity index (χ2v) is 3.77. The highest BCUT2D eigenvalue weighted by molar-refractivity contribution is 5.02. The van der Waals surface area contributed by atoms with E-state index in [-0.39, 0.29) is 0 Å². The Bertz CT molecular complexity index is 195. The molecule has 0 aliphatic heterocycles. The first kappa shape index (κ1) is 16.4. The van der Waals surface area contributed by atoms with Crippen molar-refractivity contribution in [1.29, 1.82) is 0 Å². The molecule has 0 aromatic heterocycles. The summed E-state index contributed by atoms with van der Waals surface area (Å²) in [5.74, 6) is 6.20. The standard InChI is InChI=1S/C13H28N4/c1-3-14-10-7-11-16-8-5-6-9-17-13-12-15-4-2/h14-17H,3-4,7-13H2,1-2H3. The second-order valence-electron chi connectivity index (χ2n) is 3.77. The van der Waals surface area contributed by atoms with E-state index in [4.69, 9.17) is 0 Å². The van der Waals surface area contributed by atoms with Crippen LogP contribution in [0.25, 0.3) is 0 Å². The van der Waals surface area contributed by atoms with Gasteiger partial charge in [0.15, 0.2) is 0 Å². The zero-order chi connectivity index (χ0) is 12.6. The van der Waals surface area contributed by atoms with Gasteiger partial charge >= 0.3 is 0 Å². The lowest BCUT2D eigenvalue weighted by Crippen LogP contribution is -2.27. The molecule has 0 fully saturated rings. The van der Waals surface area contributed by atoms with E-state index in [0.717, 1.165) is 58.8 Å². The molecular weight excluding hydrogens is 212 g/mol. The summed E-state index contributed by atoms with van der Waals surface area (Å²) in [7, 11) is 0. The molecule has 0 aromatic rings. The van der Waals surface area contributed by atoms with E-state index in [2.05, 4.69) is 47.0 Å². The summed E-state index contributed by atoms with van der Waals surface area (Å²) in [4.78, 5) is 0. The van der Waals surface area contributed by atoms with Crippen molar-refractivity contribution in [2.24, 2.45) is 0 Å². The van der Waals surface area contributed by atoms with Gasteiger partial charge in [0.2, 0.25) is 0 Å². The first-order chi connectivity index (χ1) is 8.41. The van der Waals surface area contributed by atoms with E-state index in [0.29, 0.717) is 0 Å². The van der Waals surface area contributed by atoms with Crippen molar-refractivity contribution < 1.29 is 0 Å². The molecule has 0 rings (SSSR count). The van der Waals surface area contributed by atoms with Crippen LogP contribution in [0.15, 0.2) is 0 Å². The monoisotopic (exact) mass is 240 g/mol. The van der Waals surface area contributed by atoms with Gasteiger partial charge in [-0.3, -0.25) is 0 Å². The van der Waals surface area contributed by atoms with Crippen molar-refractivity contribution in [3.8, 4) is 11.8 Å². The van der Waals surface area contributed by atoms with Gasteiger partial charge in [0, 0.05) is 13.1 Å². The van der Waals surface area contributed by atoms with Crippen molar-refractivity contribution in [2.45, 2.75) is 20.3 Å². The number of hydrogen-bond donors (Lipinski definition) is 4. The van der Waals surface area contributed by atoms with Gasteiger partial charge in [-0.05, 0) is 32.6 Å². The summed E-state index contributed by atoms with van der Waals surface area (Å²) in [5.41, 5.74) is 0. The SMILES string of the molecule is CCNCCCNCC#CCNCCNCC. The number of nitrogens with one attached hydrogen (secondary N) is 4. The fourth-order valence-corrected chi connectivity index (χ4v) is 1.30. The molecule has 4 N–H and O–H groups in total. The number of likely N-dealkylation sites (N-methyl/N-ethyl adjacent to an activating group) is 1. The van der Waals surface area contributed by atoms with Crippen molar-refractivity contribution in [2.75, 3.05) is 52.4 Å². The van der Waals surface area contributed by atoms with Crippen LogP contribution in [0.4, 0.5) is 0 Å². The molecular formula is C13H28N4. The Morgan fingerprint density at radius 1 is 0.647 bits per heavy atom. The van der Waals surface area contributed by atoms with E-state index >= 15 is 0 Å². The Balaban J connectivity index is 3.04. The summed E-state index contributed by atoms with van der Waals surface area (Å²) in [6.07, 6.45) is 1.16. The summed E-state index contributed by atoms with van der Waals surface area (Å²) < 4.78 is 0. The summed E-state index contributed by atoms with van der Waals surface area (Å²) >= 11 is 0. The largest absolute Gasteiger partial charge is 0.317 e. The summed E-state index contributed by atoms with van der Waals surface area (Å²) in [5, 5.41) is 13.1. The number of rotatable bonds is 11. The van der Waals surface area contributed by atoms with Crippen molar-refractivity contribution in [3.63, 3.8) is 0 Å². The molecule has 0 spiro atoms. The highest BCUT2D eigenvalue weighted by Crippen LogP contribution is 1.71. The van der Waals surface area contributed by atoms with Crippen molar-refractivity contribution in [3.05, 3.63) is 0 Å². The van der Waals surface area contributed by atoms with Crippen LogP contribution < -0.4 is 21.3 Å². The van der Waals surface area contributed by atoms with Crippen molar-refractivity contribution in [1.82, 2.24) is 21.3 Å². The average Bonchev–Trinajstić information content (AvgIpc) is 2.35. The third kappa shape index (κ3) is 15.4. The maximum Gasteiger partial charge on any atom is 0.0577 e. The lowest BCUT2D eigenvalue weighted by Gasteiger charge is -2.01. The molecule has 0 unspecified atom stereocenters. The molecule has 17 heavy (non-hydrogen) atoms. The zero-order valence-corrected chi connectivity index (χ0v) is 11.4. The molecule has 0 aromatic carbocycles. The summed E-state index contributed by atoms with van der Waals surface area (Å²) in [6.45, 7) is 12.0. The van der Waals surface area contributed by atoms with Gasteiger partial charge < -0.3 is 21.3 Å². The first-order valence-corrected chi connectivity index (χ1v) is 6.70. The summed E-state index contributed by atoms with van der Waals surface area (Å²) in [6, 6.07) is 0. The van der Waals surface area contributed by atoms with Crippen LogP contribution >= 0.6 is 0 Å². The molecule has 0 saturated carbocycles. The van der Waals surface area contributed by atoms with Crippen LogP contribution in [0.3, 0.4) is 0 Å². The average molecular weight is 240 g/mol. The molecule has 0 aliphatic carbocycles. The van der Waals surface area contributed by atoms with Crippen LogP contribution in [-0.2, 0) is 0 Å². The third-order valence-corrected chi connectivity index (χ3v) is 2.24. The maximum atomic E-state index is 3.30. The predicted octanol–water partition coefficient (Wildman–Crippen LogP) is -0.222. The second kappa shape index (κ2) is 15.4. The normalized spacial score (nSPS) is 10.0. The van der Waals surface area contributed by atoms with Crippen LogP contribution in [-0.4, -0.2) is 52.4 Å². The van der Waals surface area contributed by atoms with E-state index in [1.54, 1.807) is 0 Å². The molecule has 0 amide bonds. The minimum Gasteiger partial charge on any atom is -0.317 e. The van der Waals surface area contributed by atoms with Gasteiger partial charge in [-0.15, -0.1) is 0 Å². The van der Waals surface area contributed by atoms with Gasteiger partial charge in [0.05, 0.1) is 13.1 Å². The maximum absolute atomic E-state index is 3.30. The van der Waals surface area contributed by atoms with Gasteiger partial charge in [-0.25, -0.2) is 0 Å². The highest BCUT2D eigenvalue weighted by atomic mass is 14.9. The van der Waals surface area contributed by atoms with Crippen LogP contribution in [0.5, 0.6) is 0 Å². The minimum absolute atomic E-state index is 0.782. The quantitative estimate of drug-likeness (QED) is 0.298. The van der Waals surface area contributed by atoms with Crippen LogP contribution in [0.2, 0.25) is 0 Å². The zero-order valence-electron chi connectivity index (χ0n) is 11.4. The fourth-order valence-electron chi connectivity index (χ4n) is 1.30. The molecule has 0 saturated heterocycles. The van der Waals surface area contributed by atoms with E-state index < -0.39 is 0 Å². The van der Waals surface area contributed by atoms with E-state index in [1.165, 1.54) is 0 Å². The molecule has 4 heteroatoms. The molecule has 0 heterocycles. The van der Waals surface area contributed by atoms with Gasteiger partial charge in [-0.1, -0.05) is 25.7 Å². The Kier molecular flexibility index (Phi) is 14.9. The van der Waals surface area contributed by atoms with Gasteiger partial charge in [0.1, 0.15) is 0 Å². The predicted molar refractivity (Wildman–Crippen MR) is 75.2 cm³/mol. The lowest BCUT2D eigenvalue weighted by atomic mass is 10.4. The Labute approximate surface area is 106 Å². The molecule has 0 atom stereocenters. The molecule has 100 valence electrons. The molecule has 4 nitrogen and oxygen atoms in total. The Morgan fingerprint density at radius 2 is 1.12 bits per heavy atom. The van der Waals surface area contributed by atoms with E-state index in [9.17, 15) is 0 Å².